The number of aldehydes is 1. The van der Waals surface area contributed by atoms with Crippen LogP contribution in [-0.4, -0.2) is 74.6 Å². The van der Waals surface area contributed by atoms with E-state index in [2.05, 4.69) is 0 Å². The molecule has 12 heteroatoms. The quantitative estimate of drug-likeness (QED) is 0.280. The van der Waals surface area contributed by atoms with Gasteiger partial charge in [-0.2, -0.15) is 0 Å². The van der Waals surface area contributed by atoms with Crippen molar-refractivity contribution in [2.24, 2.45) is 0 Å². The lowest BCUT2D eigenvalue weighted by Gasteiger charge is -2.43. The predicted octanol–water partition coefficient (Wildman–Crippen LogP) is 0.970. The molecular formula is C22H26O12. The molecule has 0 amide bonds. The maximum Gasteiger partial charge on any atom is 0.303 e. The Bertz CT molecular complexity index is 926. The molecule has 2 rings (SSSR count). The Labute approximate surface area is 195 Å². The van der Waals surface area contributed by atoms with Crippen molar-refractivity contribution < 1.29 is 57.1 Å². The van der Waals surface area contributed by atoms with E-state index in [-0.39, 0.29) is 23.7 Å². The molecule has 1 saturated heterocycles. The van der Waals surface area contributed by atoms with E-state index in [4.69, 9.17) is 33.2 Å². The van der Waals surface area contributed by atoms with Crippen LogP contribution in [0.3, 0.4) is 0 Å². The lowest BCUT2D eigenvalue weighted by molar-refractivity contribution is -0.288. The van der Waals surface area contributed by atoms with Crippen LogP contribution < -0.4 is 9.47 Å². The Balaban J connectivity index is 2.48. The number of hydrogen-bond acceptors (Lipinski definition) is 12. The molecule has 34 heavy (non-hydrogen) atoms. The van der Waals surface area contributed by atoms with E-state index in [1.54, 1.807) is 0 Å². The Morgan fingerprint density at radius 3 is 2.00 bits per heavy atom. The van der Waals surface area contributed by atoms with Crippen LogP contribution in [0.2, 0.25) is 0 Å². The monoisotopic (exact) mass is 482 g/mol. The van der Waals surface area contributed by atoms with Gasteiger partial charge >= 0.3 is 23.9 Å². The van der Waals surface area contributed by atoms with E-state index in [1.165, 1.54) is 32.2 Å². The second-order valence-electron chi connectivity index (χ2n) is 7.21. The van der Waals surface area contributed by atoms with E-state index >= 15 is 0 Å². The number of hydrogen-bond donors (Lipinski definition) is 0. The molecule has 12 nitrogen and oxygen atoms in total. The number of carbonyl (C=O) groups excluding carboxylic acids is 5. The smallest absolute Gasteiger partial charge is 0.303 e. The third-order valence-corrected chi connectivity index (χ3v) is 4.53. The van der Waals surface area contributed by atoms with Crippen molar-refractivity contribution in [1.29, 1.82) is 0 Å². The molecule has 0 aliphatic carbocycles. The van der Waals surface area contributed by atoms with Crippen LogP contribution in [0.25, 0.3) is 0 Å². The molecule has 0 N–H and O–H groups in total. The molecule has 186 valence electrons. The molecule has 1 aliphatic heterocycles. The van der Waals surface area contributed by atoms with Crippen LogP contribution in [0, 0.1) is 0 Å². The van der Waals surface area contributed by atoms with Gasteiger partial charge < -0.3 is 33.2 Å². The van der Waals surface area contributed by atoms with Crippen LogP contribution in [0.4, 0.5) is 0 Å². The molecule has 0 bridgehead atoms. The van der Waals surface area contributed by atoms with Gasteiger partial charge in [-0.05, 0) is 12.1 Å². The summed E-state index contributed by atoms with van der Waals surface area (Å²) in [6.45, 7) is 4.15. The Morgan fingerprint density at radius 1 is 0.882 bits per heavy atom. The summed E-state index contributed by atoms with van der Waals surface area (Å²) in [7, 11) is 1.36. The second-order valence-corrected chi connectivity index (χ2v) is 7.21. The maximum absolute atomic E-state index is 11.8. The van der Waals surface area contributed by atoms with Crippen molar-refractivity contribution in [2.45, 2.75) is 58.4 Å². The van der Waals surface area contributed by atoms with Gasteiger partial charge in [0.1, 0.15) is 24.2 Å². The van der Waals surface area contributed by atoms with Crippen molar-refractivity contribution in [3.8, 4) is 11.5 Å². The van der Waals surface area contributed by atoms with Gasteiger partial charge in [-0.25, -0.2) is 0 Å². The molecule has 0 aromatic heterocycles. The van der Waals surface area contributed by atoms with Gasteiger partial charge in [-0.3, -0.25) is 24.0 Å². The summed E-state index contributed by atoms with van der Waals surface area (Å²) in [6.07, 6.45) is -5.98. The average molecular weight is 482 g/mol. The Hall–Kier alpha value is -3.67. The van der Waals surface area contributed by atoms with Crippen molar-refractivity contribution in [3.63, 3.8) is 0 Å². The summed E-state index contributed by atoms with van der Waals surface area (Å²) >= 11 is 0. The number of methoxy groups -OCH3 is 1. The predicted molar refractivity (Wildman–Crippen MR) is 111 cm³/mol. The highest BCUT2D eigenvalue weighted by Gasteiger charge is 2.53. The van der Waals surface area contributed by atoms with Crippen LogP contribution in [0.5, 0.6) is 11.5 Å². The fourth-order valence-electron chi connectivity index (χ4n) is 3.28. The van der Waals surface area contributed by atoms with E-state index < -0.39 is 54.6 Å². The molecule has 1 fully saturated rings. The summed E-state index contributed by atoms with van der Waals surface area (Å²) in [6, 6.07) is 4.28. The van der Waals surface area contributed by atoms with Gasteiger partial charge in [0, 0.05) is 33.8 Å². The zero-order valence-electron chi connectivity index (χ0n) is 19.3. The fraction of sp³-hybridized carbons (Fsp3) is 0.500. The van der Waals surface area contributed by atoms with Crippen molar-refractivity contribution in [1.82, 2.24) is 0 Å². The molecule has 1 aromatic rings. The number of rotatable bonds is 9. The highest BCUT2D eigenvalue weighted by Crippen LogP contribution is 2.32. The minimum absolute atomic E-state index is 0.156. The van der Waals surface area contributed by atoms with Gasteiger partial charge in [0.15, 0.2) is 18.5 Å². The highest BCUT2D eigenvalue weighted by atomic mass is 16.7. The normalized spacial score (nSPS) is 23.7. The maximum atomic E-state index is 11.8. The van der Waals surface area contributed by atoms with E-state index in [9.17, 15) is 24.0 Å². The van der Waals surface area contributed by atoms with E-state index in [0.29, 0.717) is 6.29 Å². The van der Waals surface area contributed by atoms with Crippen LogP contribution in [0.15, 0.2) is 18.2 Å². The van der Waals surface area contributed by atoms with Gasteiger partial charge in [0.05, 0.1) is 12.7 Å². The molecule has 0 spiro atoms. The number of esters is 4. The van der Waals surface area contributed by atoms with Crippen LogP contribution in [0.1, 0.15) is 38.1 Å². The summed E-state index contributed by atoms with van der Waals surface area (Å²) in [5.74, 6) is -2.53. The first-order valence-corrected chi connectivity index (χ1v) is 10.2. The molecule has 1 heterocycles. The highest BCUT2D eigenvalue weighted by molar-refractivity contribution is 5.79. The van der Waals surface area contributed by atoms with E-state index in [0.717, 1.165) is 20.8 Å². The standard InChI is InChI=1S/C22H26O12/c1-11(24)29-10-18-19(30-12(2)25)20(31-13(3)26)21(32-14(4)27)22(34-18)33-16-7-6-15(9-23)17(8-16)28-5/h6-9,18-22H,10H2,1-5H3/t18-,19-,20+,21-,22-/m1/s1. The minimum atomic E-state index is -1.40. The SMILES string of the molecule is COc1cc(O[C@@H]2O[C@H](COC(C)=O)[C@@H](OC(C)=O)[C@H](OC(C)=O)[C@H]2OC(C)=O)ccc1C=O. The lowest BCUT2D eigenvalue weighted by Crippen LogP contribution is -2.63. The first-order chi connectivity index (χ1) is 16.0. The number of ether oxygens (including phenoxy) is 7. The van der Waals surface area contributed by atoms with Crippen LogP contribution in [-0.2, 0) is 42.9 Å². The second kappa shape index (κ2) is 12.0. The summed E-state index contributed by atoms with van der Waals surface area (Å²) in [5, 5.41) is 0. The molecular weight excluding hydrogens is 456 g/mol. The zero-order chi connectivity index (χ0) is 25.4. The zero-order valence-corrected chi connectivity index (χ0v) is 19.3. The van der Waals surface area contributed by atoms with Gasteiger partial charge in [0.2, 0.25) is 12.4 Å². The fourth-order valence-corrected chi connectivity index (χ4v) is 3.28. The number of benzene rings is 1. The molecule has 1 aliphatic rings. The third kappa shape index (κ3) is 7.17. The first kappa shape index (κ1) is 26.6. The topological polar surface area (TPSA) is 150 Å². The van der Waals surface area contributed by atoms with Crippen LogP contribution >= 0.6 is 0 Å². The molecule has 0 radical (unpaired) electrons. The summed E-state index contributed by atoms with van der Waals surface area (Å²) in [4.78, 5) is 58.0. The molecule has 0 saturated carbocycles. The molecule has 1 aromatic carbocycles. The molecule has 0 unspecified atom stereocenters. The molecule has 5 atom stereocenters. The van der Waals surface area contributed by atoms with E-state index in [1.807, 2.05) is 0 Å². The lowest BCUT2D eigenvalue weighted by atomic mass is 9.98. The largest absolute Gasteiger partial charge is 0.496 e. The summed E-state index contributed by atoms with van der Waals surface area (Å²) < 4.78 is 37.8. The minimum Gasteiger partial charge on any atom is -0.496 e. The Morgan fingerprint density at radius 2 is 1.47 bits per heavy atom. The van der Waals surface area contributed by atoms with Crippen molar-refractivity contribution >= 4 is 30.2 Å². The van der Waals surface area contributed by atoms with Crippen molar-refractivity contribution in [2.75, 3.05) is 13.7 Å². The third-order valence-electron chi connectivity index (χ3n) is 4.53. The van der Waals surface area contributed by atoms with Gasteiger partial charge in [-0.15, -0.1) is 0 Å². The van der Waals surface area contributed by atoms with Gasteiger partial charge in [0.25, 0.3) is 0 Å². The summed E-state index contributed by atoms with van der Waals surface area (Å²) in [5.41, 5.74) is 0.261. The Kier molecular flexibility index (Phi) is 9.36. The average Bonchev–Trinajstić information content (AvgIpc) is 2.75. The van der Waals surface area contributed by atoms with Gasteiger partial charge in [-0.1, -0.05) is 0 Å². The first-order valence-electron chi connectivity index (χ1n) is 10.2. The van der Waals surface area contributed by atoms with Crippen molar-refractivity contribution in [3.05, 3.63) is 23.8 Å². The number of carbonyl (C=O) groups is 5.